The summed E-state index contributed by atoms with van der Waals surface area (Å²) in [6.45, 7) is 0.623. The molecule has 1 saturated heterocycles. The molecule has 2 aromatic rings. The summed E-state index contributed by atoms with van der Waals surface area (Å²) in [5.74, 6) is -1.68. The fraction of sp³-hybridized carbons (Fsp3) is 0.478. The first-order chi connectivity index (χ1) is 15.8. The van der Waals surface area contributed by atoms with Gasteiger partial charge in [0.15, 0.2) is 0 Å². The first-order valence-electron chi connectivity index (χ1n) is 11.1. The molecule has 1 aromatic heterocycles. The Morgan fingerprint density at radius 1 is 1.21 bits per heavy atom. The number of rotatable bonds is 8. The van der Waals surface area contributed by atoms with Crippen LogP contribution in [0.3, 0.4) is 0 Å². The fourth-order valence-electron chi connectivity index (χ4n) is 4.20. The van der Waals surface area contributed by atoms with Crippen LogP contribution >= 0.6 is 11.6 Å². The average molecular weight is 474 g/mol. The molecule has 1 aliphatic heterocycles. The minimum Gasteiger partial charge on any atom is -0.356 e. The van der Waals surface area contributed by atoms with Crippen LogP contribution in [0.15, 0.2) is 18.2 Å². The number of amides is 3. The zero-order valence-electron chi connectivity index (χ0n) is 17.9. The van der Waals surface area contributed by atoms with Crippen molar-refractivity contribution in [1.29, 1.82) is 5.26 Å². The van der Waals surface area contributed by atoms with E-state index >= 15 is 0 Å². The molecular weight excluding hydrogens is 449 g/mol. The lowest BCUT2D eigenvalue weighted by Crippen LogP contribution is -2.50. The number of hydrogen-bond donors (Lipinski definition) is 4. The number of nitriles is 1. The van der Waals surface area contributed by atoms with Gasteiger partial charge in [0.25, 0.3) is 5.91 Å². The van der Waals surface area contributed by atoms with Gasteiger partial charge in [-0.2, -0.15) is 5.26 Å². The Hall–Kier alpha value is -3.12. The lowest BCUT2D eigenvalue weighted by molar-refractivity contribution is -0.128. The summed E-state index contributed by atoms with van der Waals surface area (Å²) in [6.07, 6.45) is 4.11. The van der Waals surface area contributed by atoms with E-state index in [0.29, 0.717) is 30.8 Å². The van der Waals surface area contributed by atoms with Crippen molar-refractivity contribution in [3.05, 3.63) is 34.7 Å². The zero-order chi connectivity index (χ0) is 23.5. The molecule has 8 nitrogen and oxygen atoms in total. The van der Waals surface area contributed by atoms with E-state index in [-0.39, 0.29) is 34.3 Å². The highest BCUT2D eigenvalue weighted by molar-refractivity contribution is 6.31. The number of halogens is 2. The van der Waals surface area contributed by atoms with E-state index in [1.807, 2.05) is 0 Å². The van der Waals surface area contributed by atoms with E-state index in [1.165, 1.54) is 12.1 Å². The number of aromatic nitrogens is 1. The first-order valence-corrected chi connectivity index (χ1v) is 11.5. The third kappa shape index (κ3) is 5.63. The van der Waals surface area contributed by atoms with Crippen LogP contribution in [0.1, 0.15) is 49.0 Å². The summed E-state index contributed by atoms with van der Waals surface area (Å²) < 4.78 is 14.1. The molecule has 0 radical (unpaired) electrons. The van der Waals surface area contributed by atoms with Gasteiger partial charge in [-0.25, -0.2) is 4.39 Å². The maximum absolute atomic E-state index is 14.1. The number of H-pyrrole nitrogens is 1. The third-order valence-corrected chi connectivity index (χ3v) is 6.39. The van der Waals surface area contributed by atoms with Gasteiger partial charge in [-0.3, -0.25) is 14.4 Å². The second kappa shape index (κ2) is 9.79. The molecule has 1 saturated carbocycles. The molecule has 2 heterocycles. The van der Waals surface area contributed by atoms with Crippen molar-refractivity contribution in [3.8, 4) is 6.07 Å². The number of carbonyl (C=O) groups excluding carboxylic acids is 3. The third-order valence-electron chi connectivity index (χ3n) is 6.18. The van der Waals surface area contributed by atoms with E-state index in [2.05, 4.69) is 27.0 Å². The Labute approximate surface area is 195 Å². The van der Waals surface area contributed by atoms with Crippen LogP contribution in [0.25, 0.3) is 10.9 Å². The number of hydrogen-bond acceptors (Lipinski definition) is 4. The topological polar surface area (TPSA) is 127 Å². The molecule has 174 valence electrons. The molecule has 1 aliphatic carbocycles. The average Bonchev–Trinajstić information content (AvgIpc) is 3.49. The van der Waals surface area contributed by atoms with Crippen LogP contribution in [0, 0.1) is 29.0 Å². The molecule has 0 bridgehead atoms. The van der Waals surface area contributed by atoms with E-state index in [0.717, 1.165) is 25.3 Å². The molecule has 1 aromatic carbocycles. The standard InChI is InChI=1S/C23H25ClFN5O3/c24-14-8-17(25)16-10-20(29-18(16)9-14)23(33)30-19(6-12-3-4-12)22(32)28-15(11-26)7-13-2-1-5-27-21(13)31/h8-10,12-13,15,19,29H,1-7H2,(H,27,31)(H,28,32)(H,30,33). The minimum absolute atomic E-state index is 0.107. The highest BCUT2D eigenvalue weighted by Crippen LogP contribution is 2.34. The van der Waals surface area contributed by atoms with Crippen LogP contribution in [0.5, 0.6) is 0 Å². The van der Waals surface area contributed by atoms with Gasteiger partial charge in [0.2, 0.25) is 11.8 Å². The summed E-state index contributed by atoms with van der Waals surface area (Å²) in [5, 5.41) is 18.1. The van der Waals surface area contributed by atoms with Gasteiger partial charge in [0, 0.05) is 22.9 Å². The Bertz CT molecular complexity index is 1120. The van der Waals surface area contributed by atoms with Gasteiger partial charge in [-0.15, -0.1) is 0 Å². The molecule has 2 aliphatic rings. The largest absolute Gasteiger partial charge is 0.356 e. The van der Waals surface area contributed by atoms with Crippen molar-refractivity contribution in [2.24, 2.45) is 11.8 Å². The maximum Gasteiger partial charge on any atom is 0.268 e. The Balaban J connectivity index is 1.44. The Kier molecular flexibility index (Phi) is 6.84. The normalized spacial score (nSPS) is 19.9. The van der Waals surface area contributed by atoms with Crippen molar-refractivity contribution in [2.45, 2.75) is 50.6 Å². The summed E-state index contributed by atoms with van der Waals surface area (Å²) in [4.78, 5) is 40.7. The molecule has 3 unspecified atom stereocenters. The van der Waals surface area contributed by atoms with E-state index in [4.69, 9.17) is 11.6 Å². The van der Waals surface area contributed by atoms with Crippen LogP contribution < -0.4 is 16.0 Å². The molecule has 4 rings (SSSR count). The Morgan fingerprint density at radius 2 is 2.00 bits per heavy atom. The first kappa shape index (κ1) is 23.1. The second-order valence-corrected chi connectivity index (χ2v) is 9.23. The molecule has 10 heteroatoms. The van der Waals surface area contributed by atoms with Crippen molar-refractivity contribution in [3.63, 3.8) is 0 Å². The summed E-state index contributed by atoms with van der Waals surface area (Å²) in [5.41, 5.74) is 0.485. The Morgan fingerprint density at radius 3 is 2.70 bits per heavy atom. The van der Waals surface area contributed by atoms with Crippen molar-refractivity contribution in [2.75, 3.05) is 6.54 Å². The van der Waals surface area contributed by atoms with Crippen LogP contribution in [-0.2, 0) is 9.59 Å². The monoisotopic (exact) mass is 473 g/mol. The van der Waals surface area contributed by atoms with Crippen LogP contribution in [0.4, 0.5) is 4.39 Å². The van der Waals surface area contributed by atoms with Gasteiger partial charge in [0.05, 0.1) is 11.6 Å². The fourth-order valence-corrected chi connectivity index (χ4v) is 4.40. The maximum atomic E-state index is 14.1. The number of benzene rings is 1. The molecule has 0 spiro atoms. The number of aromatic amines is 1. The summed E-state index contributed by atoms with van der Waals surface area (Å²) in [7, 11) is 0. The van der Waals surface area contributed by atoms with Crippen LogP contribution in [-0.4, -0.2) is 41.3 Å². The lowest BCUT2D eigenvalue weighted by Gasteiger charge is -2.25. The summed E-state index contributed by atoms with van der Waals surface area (Å²) in [6, 6.07) is 4.43. The van der Waals surface area contributed by atoms with Crippen LogP contribution in [0.2, 0.25) is 5.02 Å². The highest BCUT2D eigenvalue weighted by Gasteiger charge is 2.33. The van der Waals surface area contributed by atoms with E-state index < -0.39 is 29.7 Å². The highest BCUT2D eigenvalue weighted by atomic mass is 35.5. The lowest BCUT2D eigenvalue weighted by atomic mass is 9.92. The van der Waals surface area contributed by atoms with Gasteiger partial charge >= 0.3 is 0 Å². The zero-order valence-corrected chi connectivity index (χ0v) is 18.7. The quantitative estimate of drug-likeness (QED) is 0.470. The van der Waals surface area contributed by atoms with Gasteiger partial charge in [-0.05, 0) is 49.8 Å². The van der Waals surface area contributed by atoms with Gasteiger partial charge in [-0.1, -0.05) is 24.4 Å². The molecule has 4 N–H and O–H groups in total. The molecule has 3 atom stereocenters. The second-order valence-electron chi connectivity index (χ2n) is 8.79. The van der Waals surface area contributed by atoms with Gasteiger partial charge in [0.1, 0.15) is 23.6 Å². The molecule has 2 fully saturated rings. The predicted molar refractivity (Wildman–Crippen MR) is 120 cm³/mol. The SMILES string of the molecule is N#CC(CC1CCCNC1=O)NC(=O)C(CC1CC1)NC(=O)c1cc2c(F)cc(Cl)cc2[nH]1. The molecule has 33 heavy (non-hydrogen) atoms. The predicted octanol–water partition coefficient (Wildman–Crippen LogP) is 2.78. The number of nitrogens with zero attached hydrogens (tertiary/aromatic N) is 1. The van der Waals surface area contributed by atoms with E-state index in [1.54, 1.807) is 0 Å². The van der Waals surface area contributed by atoms with Crippen molar-refractivity contribution >= 4 is 40.2 Å². The number of nitrogens with one attached hydrogen (secondary N) is 4. The minimum atomic E-state index is -0.846. The molecular formula is C23H25ClFN5O3. The van der Waals surface area contributed by atoms with Crippen molar-refractivity contribution in [1.82, 2.24) is 20.9 Å². The number of fused-ring (bicyclic) bond motifs is 1. The summed E-state index contributed by atoms with van der Waals surface area (Å²) >= 11 is 5.88. The number of carbonyl (C=O) groups is 3. The van der Waals surface area contributed by atoms with Crippen molar-refractivity contribution < 1.29 is 18.8 Å². The van der Waals surface area contributed by atoms with Gasteiger partial charge < -0.3 is 20.9 Å². The number of piperidine rings is 1. The van der Waals surface area contributed by atoms with E-state index in [9.17, 15) is 24.0 Å². The molecule has 3 amide bonds. The smallest absolute Gasteiger partial charge is 0.268 e.